The molecule has 5 heteroatoms. The fourth-order valence-corrected chi connectivity index (χ4v) is 1.83. The summed E-state index contributed by atoms with van der Waals surface area (Å²) >= 11 is 0. The van der Waals surface area contributed by atoms with Crippen LogP contribution in [-0.2, 0) is 9.47 Å². The molecule has 0 saturated carbocycles. The molecule has 1 aliphatic rings. The zero-order valence-electron chi connectivity index (χ0n) is 11.1. The van der Waals surface area contributed by atoms with Crippen molar-refractivity contribution in [1.29, 1.82) is 0 Å². The molecule has 0 bridgehead atoms. The Morgan fingerprint density at radius 1 is 1.41 bits per heavy atom. The number of hydrogen-bond acceptors (Lipinski definition) is 4. The molecular formula is C12H20N3O2+. The van der Waals surface area contributed by atoms with Crippen molar-refractivity contribution in [3.8, 4) is 6.57 Å². The van der Waals surface area contributed by atoms with Crippen LogP contribution < -0.4 is 0 Å². The standard InChI is InChI=1S/C12H20N3O2/c1-8(2)9-10(16-5)15-12(3,7-13-4)11(14-9)17-6/h4,8-9H,7H2,1-3,5-6H3/q+1/t9-,12+/m1/s1. The van der Waals surface area contributed by atoms with E-state index in [4.69, 9.17) is 16.0 Å². The molecule has 5 nitrogen and oxygen atoms in total. The molecule has 0 aromatic heterocycles. The minimum atomic E-state index is -0.666. The van der Waals surface area contributed by atoms with Gasteiger partial charge in [-0.15, -0.1) is 0 Å². The van der Waals surface area contributed by atoms with Crippen LogP contribution in [-0.4, -0.2) is 44.1 Å². The van der Waals surface area contributed by atoms with Crippen LogP contribution in [0.3, 0.4) is 0 Å². The number of nitrogens with zero attached hydrogens (tertiary/aromatic N) is 3. The summed E-state index contributed by atoms with van der Waals surface area (Å²) in [5.41, 5.74) is -0.666. The van der Waals surface area contributed by atoms with E-state index in [0.29, 0.717) is 24.3 Å². The van der Waals surface area contributed by atoms with E-state index in [9.17, 15) is 0 Å². The normalized spacial score (nSPS) is 28.2. The van der Waals surface area contributed by atoms with Crippen LogP contribution in [0.5, 0.6) is 0 Å². The topological polar surface area (TPSA) is 47.5 Å². The number of rotatable bonds is 2. The monoisotopic (exact) mass is 238 g/mol. The maximum Gasteiger partial charge on any atom is 0.296 e. The van der Waals surface area contributed by atoms with E-state index < -0.39 is 5.54 Å². The maximum absolute atomic E-state index is 5.30. The highest BCUT2D eigenvalue weighted by Gasteiger charge is 2.43. The third-order valence-corrected chi connectivity index (χ3v) is 2.76. The second-order valence-electron chi connectivity index (χ2n) is 4.60. The van der Waals surface area contributed by atoms with Gasteiger partial charge in [0, 0.05) is 0 Å². The molecule has 1 heterocycles. The minimum Gasteiger partial charge on any atom is -0.483 e. The number of ether oxygens (including phenoxy) is 2. The Hall–Kier alpha value is -1.57. The van der Waals surface area contributed by atoms with E-state index >= 15 is 0 Å². The smallest absolute Gasteiger partial charge is 0.296 e. The molecule has 0 aliphatic carbocycles. The molecule has 0 saturated heterocycles. The number of aliphatic imine (C=N–C) groups is 2. The molecule has 94 valence electrons. The Bertz CT molecular complexity index is 382. The van der Waals surface area contributed by atoms with Gasteiger partial charge in [-0.3, -0.25) is 0 Å². The predicted molar refractivity (Wildman–Crippen MR) is 69.1 cm³/mol. The minimum absolute atomic E-state index is 0.110. The van der Waals surface area contributed by atoms with Gasteiger partial charge in [-0.2, -0.15) is 0 Å². The van der Waals surface area contributed by atoms with Gasteiger partial charge in [-0.05, 0) is 12.8 Å². The summed E-state index contributed by atoms with van der Waals surface area (Å²) in [7, 11) is 3.18. The van der Waals surface area contributed by atoms with Gasteiger partial charge < -0.3 is 9.47 Å². The highest BCUT2D eigenvalue weighted by atomic mass is 16.5. The first-order chi connectivity index (χ1) is 7.98. The van der Waals surface area contributed by atoms with Gasteiger partial charge in [0.25, 0.3) is 13.1 Å². The number of methoxy groups -OCH3 is 2. The first kappa shape index (κ1) is 13.5. The summed E-state index contributed by atoms with van der Waals surface area (Å²) in [6, 6.07) is -0.110. The summed E-state index contributed by atoms with van der Waals surface area (Å²) in [6.45, 7) is 11.6. The molecule has 0 fully saturated rings. The van der Waals surface area contributed by atoms with Crippen molar-refractivity contribution in [1.82, 2.24) is 0 Å². The van der Waals surface area contributed by atoms with Gasteiger partial charge in [-0.1, -0.05) is 18.7 Å². The zero-order valence-corrected chi connectivity index (χ0v) is 11.1. The van der Waals surface area contributed by atoms with Crippen molar-refractivity contribution in [2.75, 3.05) is 20.8 Å². The van der Waals surface area contributed by atoms with E-state index in [2.05, 4.69) is 28.7 Å². The predicted octanol–water partition coefficient (Wildman–Crippen LogP) is 1.84. The molecule has 0 N–H and O–H groups in total. The molecule has 0 unspecified atom stereocenters. The summed E-state index contributed by atoms with van der Waals surface area (Å²) in [6.07, 6.45) is 0. The molecule has 1 rings (SSSR count). The first-order valence-electron chi connectivity index (χ1n) is 5.61. The molecule has 1 aliphatic heterocycles. The zero-order chi connectivity index (χ0) is 13.1. The highest BCUT2D eigenvalue weighted by molar-refractivity contribution is 5.96. The quantitative estimate of drug-likeness (QED) is 0.737. The van der Waals surface area contributed by atoms with Crippen LogP contribution in [0.1, 0.15) is 20.8 Å². The van der Waals surface area contributed by atoms with E-state index in [-0.39, 0.29) is 6.04 Å². The molecule has 0 spiro atoms. The van der Waals surface area contributed by atoms with Gasteiger partial charge in [0.2, 0.25) is 17.3 Å². The third-order valence-electron chi connectivity index (χ3n) is 2.76. The molecule has 17 heavy (non-hydrogen) atoms. The van der Waals surface area contributed by atoms with Gasteiger partial charge in [-0.25, -0.2) is 9.98 Å². The van der Waals surface area contributed by atoms with Crippen LogP contribution in [0.25, 0.3) is 4.85 Å². The highest BCUT2D eigenvalue weighted by Crippen LogP contribution is 2.24. The second-order valence-corrected chi connectivity index (χ2v) is 4.60. The van der Waals surface area contributed by atoms with Crippen LogP contribution in [0, 0.1) is 12.5 Å². The SMILES string of the molecule is C#[N+]C[C@]1(C)N=C(OC)[C@@H](C(C)C)N=C1OC. The van der Waals surface area contributed by atoms with Gasteiger partial charge in [0.05, 0.1) is 14.2 Å². The lowest BCUT2D eigenvalue weighted by atomic mass is 9.97. The molecule has 0 aromatic rings. The third kappa shape index (κ3) is 2.57. The summed E-state index contributed by atoms with van der Waals surface area (Å²) in [5.74, 6) is 1.44. The molecule has 0 amide bonds. The lowest BCUT2D eigenvalue weighted by molar-refractivity contribution is 0.315. The molecular weight excluding hydrogens is 218 g/mol. The Morgan fingerprint density at radius 3 is 2.47 bits per heavy atom. The van der Waals surface area contributed by atoms with Crippen molar-refractivity contribution in [2.45, 2.75) is 32.4 Å². The van der Waals surface area contributed by atoms with Crippen LogP contribution >= 0.6 is 0 Å². The second kappa shape index (κ2) is 5.17. The molecule has 0 radical (unpaired) electrons. The molecule has 2 atom stereocenters. The Balaban J connectivity index is 3.16. The average Bonchev–Trinajstić information content (AvgIpc) is 2.28. The van der Waals surface area contributed by atoms with Crippen LogP contribution in [0.2, 0.25) is 0 Å². The maximum atomic E-state index is 5.30. The van der Waals surface area contributed by atoms with Gasteiger partial charge >= 0.3 is 0 Å². The first-order valence-corrected chi connectivity index (χ1v) is 5.61. The Kier molecular flexibility index (Phi) is 4.11. The summed E-state index contributed by atoms with van der Waals surface area (Å²) in [5, 5.41) is 0. The number of hydrogen-bond donors (Lipinski definition) is 0. The van der Waals surface area contributed by atoms with E-state index in [1.54, 1.807) is 14.2 Å². The Morgan fingerprint density at radius 2 is 2.06 bits per heavy atom. The van der Waals surface area contributed by atoms with Gasteiger partial charge in [0.1, 0.15) is 6.04 Å². The lowest BCUT2D eigenvalue weighted by Crippen LogP contribution is -2.46. The van der Waals surface area contributed by atoms with Gasteiger partial charge in [0.15, 0.2) is 0 Å². The average molecular weight is 238 g/mol. The largest absolute Gasteiger partial charge is 0.483 e. The van der Waals surface area contributed by atoms with Crippen molar-refractivity contribution < 1.29 is 9.47 Å². The van der Waals surface area contributed by atoms with Crippen molar-refractivity contribution >= 4 is 11.8 Å². The van der Waals surface area contributed by atoms with Crippen molar-refractivity contribution in [3.05, 3.63) is 4.85 Å². The summed E-state index contributed by atoms with van der Waals surface area (Å²) in [4.78, 5) is 12.7. The van der Waals surface area contributed by atoms with E-state index in [1.165, 1.54) is 0 Å². The van der Waals surface area contributed by atoms with Crippen LogP contribution in [0.4, 0.5) is 0 Å². The van der Waals surface area contributed by atoms with E-state index in [0.717, 1.165) is 0 Å². The fraction of sp³-hybridized carbons (Fsp3) is 0.750. The summed E-state index contributed by atoms with van der Waals surface area (Å²) < 4.78 is 10.6. The molecule has 0 aromatic carbocycles. The fourth-order valence-electron chi connectivity index (χ4n) is 1.83. The lowest BCUT2D eigenvalue weighted by Gasteiger charge is -2.29. The van der Waals surface area contributed by atoms with Crippen LogP contribution in [0.15, 0.2) is 9.98 Å². The van der Waals surface area contributed by atoms with E-state index in [1.807, 2.05) is 6.92 Å². The van der Waals surface area contributed by atoms with Crippen molar-refractivity contribution in [3.63, 3.8) is 0 Å². The Labute approximate surface area is 102 Å². The van der Waals surface area contributed by atoms with Crippen molar-refractivity contribution in [2.24, 2.45) is 15.9 Å².